The maximum absolute atomic E-state index is 14.1. The number of aryl methyl sites for hydroxylation is 1. The Morgan fingerprint density at radius 3 is 2.54 bits per heavy atom. The van der Waals surface area contributed by atoms with Crippen molar-refractivity contribution in [1.82, 2.24) is 39.9 Å². The van der Waals surface area contributed by atoms with Crippen LogP contribution in [0.5, 0.6) is 0 Å². The van der Waals surface area contributed by atoms with E-state index in [2.05, 4.69) is 53.5 Å². The van der Waals surface area contributed by atoms with Crippen LogP contribution in [0.2, 0.25) is 0 Å². The predicted octanol–water partition coefficient (Wildman–Crippen LogP) is 7.41. The van der Waals surface area contributed by atoms with Crippen LogP contribution in [0.15, 0.2) is 71.7 Å². The summed E-state index contributed by atoms with van der Waals surface area (Å²) in [6.07, 6.45) is 11.5. The van der Waals surface area contributed by atoms with Crippen molar-refractivity contribution in [2.75, 3.05) is 56.7 Å². The molecule has 2 aliphatic carbocycles. The first-order chi connectivity index (χ1) is 31.8. The minimum absolute atomic E-state index is 0.0298. The number of carbonyl (C=O) groups excluding carboxylic acids is 3. The van der Waals surface area contributed by atoms with Gasteiger partial charge in [-0.1, -0.05) is 6.07 Å². The van der Waals surface area contributed by atoms with Crippen molar-refractivity contribution in [3.63, 3.8) is 0 Å². The van der Waals surface area contributed by atoms with E-state index in [0.717, 1.165) is 73.6 Å². The van der Waals surface area contributed by atoms with Gasteiger partial charge in [-0.25, -0.2) is 23.7 Å². The van der Waals surface area contributed by atoms with E-state index in [0.29, 0.717) is 69.0 Å². The number of fused-ring (bicyclic) bond motifs is 3. The summed E-state index contributed by atoms with van der Waals surface area (Å²) in [5.74, 6) is 0.848. The molecule has 4 N–H and O–H groups in total. The molecule has 2 saturated carbocycles. The number of alkyl halides is 2. The van der Waals surface area contributed by atoms with Gasteiger partial charge in [-0.2, -0.15) is 5.10 Å². The smallest absolute Gasteiger partial charge is 0.284 e. The van der Waals surface area contributed by atoms with Crippen molar-refractivity contribution >= 4 is 51.2 Å². The number of pyridine rings is 2. The number of nitrogens with zero attached hydrogens (tertiary/aromatic N) is 6. The number of carbonyl (C=O) groups is 3. The van der Waals surface area contributed by atoms with Crippen LogP contribution in [0.1, 0.15) is 98.0 Å². The third kappa shape index (κ3) is 10.7. The molecule has 342 valence electrons. The van der Waals surface area contributed by atoms with E-state index in [1.165, 1.54) is 30.9 Å². The summed E-state index contributed by atoms with van der Waals surface area (Å²) in [5, 5.41) is 18.1. The molecule has 0 bridgehead atoms. The molecule has 18 heteroatoms. The van der Waals surface area contributed by atoms with E-state index in [4.69, 9.17) is 13.9 Å². The predicted molar refractivity (Wildman–Crippen MR) is 239 cm³/mol. The Morgan fingerprint density at radius 1 is 0.908 bits per heavy atom. The molecule has 3 fully saturated rings. The summed E-state index contributed by atoms with van der Waals surface area (Å²) >= 11 is 0. The summed E-state index contributed by atoms with van der Waals surface area (Å²) in [7, 11) is 0. The van der Waals surface area contributed by atoms with Crippen molar-refractivity contribution in [2.45, 2.75) is 82.7 Å². The summed E-state index contributed by atoms with van der Waals surface area (Å²) in [6.45, 7) is 4.58. The number of ether oxygens (including phenoxy) is 2. The average Bonchev–Trinajstić information content (AvgIpc) is 3.68. The van der Waals surface area contributed by atoms with E-state index < -0.39 is 24.1 Å². The van der Waals surface area contributed by atoms with Crippen molar-refractivity contribution in [2.24, 2.45) is 11.8 Å². The topological polar surface area (TPSA) is 192 Å². The van der Waals surface area contributed by atoms with Crippen molar-refractivity contribution in [1.29, 1.82) is 0 Å². The number of piperidine rings is 1. The first-order valence-electron chi connectivity index (χ1n) is 22.7. The standard InChI is InChI=1S/C47H54F2N10O6/c48-43(49)42-36(54-45(61)37-28-65-47(55-37)32-15-17-51-40(24-32)53-26-31-5-6-31)27-58(57-42)33-10-7-30(8-11-33)25-50-18-20-64-22-21-63-19-2-3-29-9-12-38-35(23-29)34-4-1-16-52-44(34)59(38)39-13-14-41(60)56-46(39)62/h1,4,9,12,15-17,23-24,27-28,30-31,33,39,43,50H,2-3,5-8,10-11,13-14,18-22,25-26H2,(H,51,53)(H,54,61)(H,56,60,62). The monoisotopic (exact) mass is 892 g/mol. The molecule has 1 saturated heterocycles. The minimum Gasteiger partial charge on any atom is -0.444 e. The molecule has 5 aromatic heterocycles. The van der Waals surface area contributed by atoms with Crippen molar-refractivity contribution < 1.29 is 37.1 Å². The summed E-state index contributed by atoms with van der Waals surface area (Å²) < 4.78 is 49.0. The molecule has 0 spiro atoms. The van der Waals surface area contributed by atoms with Crippen molar-refractivity contribution in [3.8, 4) is 11.5 Å². The summed E-state index contributed by atoms with van der Waals surface area (Å²) in [6, 6.07) is 13.2. The molecule has 1 atom stereocenters. The van der Waals surface area contributed by atoms with Crippen LogP contribution in [0.3, 0.4) is 0 Å². The van der Waals surface area contributed by atoms with E-state index >= 15 is 0 Å². The molecule has 1 unspecified atom stereocenters. The van der Waals surface area contributed by atoms with Crippen LogP contribution < -0.4 is 21.3 Å². The molecule has 6 heterocycles. The second-order valence-corrected chi connectivity index (χ2v) is 17.2. The number of hydrogen-bond acceptors (Lipinski definition) is 12. The van der Waals surface area contributed by atoms with Crippen LogP contribution in [-0.4, -0.2) is 93.1 Å². The Kier molecular flexibility index (Phi) is 13.8. The van der Waals surface area contributed by atoms with Crippen LogP contribution in [0, 0.1) is 11.8 Å². The van der Waals surface area contributed by atoms with Crippen LogP contribution >= 0.6 is 0 Å². The lowest BCUT2D eigenvalue weighted by molar-refractivity contribution is -0.135. The number of hydrogen-bond donors (Lipinski definition) is 4. The first-order valence-corrected chi connectivity index (χ1v) is 22.7. The summed E-state index contributed by atoms with van der Waals surface area (Å²) in [5.41, 5.74) is 2.94. The van der Waals surface area contributed by atoms with Gasteiger partial charge in [0.15, 0.2) is 11.4 Å². The van der Waals surface area contributed by atoms with Gasteiger partial charge in [0.25, 0.3) is 12.3 Å². The van der Waals surface area contributed by atoms with E-state index in [-0.39, 0.29) is 35.1 Å². The third-order valence-corrected chi connectivity index (χ3v) is 12.5. The normalized spacial score (nSPS) is 19.0. The lowest BCUT2D eigenvalue weighted by Gasteiger charge is -2.28. The Bertz CT molecular complexity index is 2620. The number of halogens is 2. The van der Waals surface area contributed by atoms with E-state index in [1.54, 1.807) is 29.2 Å². The maximum Gasteiger partial charge on any atom is 0.284 e. The van der Waals surface area contributed by atoms with Gasteiger partial charge < -0.3 is 34.4 Å². The van der Waals surface area contributed by atoms with Gasteiger partial charge in [0.1, 0.15) is 23.8 Å². The van der Waals surface area contributed by atoms with Crippen LogP contribution in [0.25, 0.3) is 33.4 Å². The number of nitrogens with one attached hydrogen (secondary N) is 4. The highest BCUT2D eigenvalue weighted by atomic mass is 19.3. The molecule has 0 radical (unpaired) electrons. The third-order valence-electron chi connectivity index (χ3n) is 12.5. The fourth-order valence-electron chi connectivity index (χ4n) is 8.86. The fourth-order valence-corrected chi connectivity index (χ4v) is 8.86. The first kappa shape index (κ1) is 44.1. The number of anilines is 2. The minimum atomic E-state index is -2.87. The number of rotatable bonds is 21. The van der Waals surface area contributed by atoms with E-state index in [9.17, 15) is 23.2 Å². The van der Waals surface area contributed by atoms with Gasteiger partial charge in [-0.05, 0) is 118 Å². The number of imide groups is 1. The number of amides is 3. The van der Waals surface area contributed by atoms with Gasteiger partial charge in [-0.3, -0.25) is 24.4 Å². The zero-order valence-electron chi connectivity index (χ0n) is 36.1. The van der Waals surface area contributed by atoms with Gasteiger partial charge >= 0.3 is 0 Å². The molecular formula is C47H54F2N10O6. The van der Waals surface area contributed by atoms with Gasteiger partial charge in [0.05, 0.1) is 37.1 Å². The van der Waals surface area contributed by atoms with Crippen molar-refractivity contribution in [3.05, 3.63) is 84.3 Å². The molecule has 1 aliphatic heterocycles. The largest absolute Gasteiger partial charge is 0.444 e. The molecular weight excluding hydrogens is 839 g/mol. The lowest BCUT2D eigenvalue weighted by atomic mass is 9.86. The Hall–Kier alpha value is -6.11. The second-order valence-electron chi connectivity index (χ2n) is 17.2. The van der Waals surface area contributed by atoms with Gasteiger partial charge in [0.2, 0.25) is 17.7 Å². The maximum atomic E-state index is 14.1. The highest BCUT2D eigenvalue weighted by Gasteiger charge is 2.31. The molecule has 3 amide bonds. The number of aromatic nitrogens is 6. The molecule has 1 aromatic carbocycles. The molecule has 16 nitrogen and oxygen atoms in total. The number of oxazole rings is 1. The molecule has 9 rings (SSSR count). The summed E-state index contributed by atoms with van der Waals surface area (Å²) in [4.78, 5) is 50.9. The van der Waals surface area contributed by atoms with E-state index in [1.807, 2.05) is 22.8 Å². The lowest BCUT2D eigenvalue weighted by Crippen LogP contribution is -2.41. The molecule has 65 heavy (non-hydrogen) atoms. The van der Waals surface area contributed by atoms with Crippen LogP contribution in [-0.2, 0) is 25.5 Å². The zero-order chi connectivity index (χ0) is 44.7. The average molecular weight is 893 g/mol. The quantitative estimate of drug-likeness (QED) is 0.0414. The Balaban J connectivity index is 0.652. The second kappa shape index (κ2) is 20.4. The van der Waals surface area contributed by atoms with Gasteiger partial charge in [-0.15, -0.1) is 0 Å². The SMILES string of the molecule is O=C1CCC(n2c3ccc(CCCOCCOCCNCC4CCC(n5cc(NC(=O)c6coc(-c7ccnc(NCC8CC8)c7)n6)c(C(F)F)n5)CC4)cc3c3cccnc32)C(=O)N1. The number of benzene rings is 1. The Labute approximate surface area is 374 Å². The van der Waals surface area contributed by atoms with Crippen LogP contribution in [0.4, 0.5) is 20.3 Å². The van der Waals surface area contributed by atoms with Gasteiger partial charge in [0, 0.05) is 61.0 Å². The highest BCUT2D eigenvalue weighted by molar-refractivity contribution is 6.09. The molecule has 6 aromatic rings. The molecule has 3 aliphatic rings. The zero-order valence-corrected chi connectivity index (χ0v) is 36.1. The Morgan fingerprint density at radius 2 is 1.72 bits per heavy atom. The fraction of sp³-hybridized carbons (Fsp3) is 0.468. The highest BCUT2D eigenvalue weighted by Crippen LogP contribution is 2.36.